The lowest BCUT2D eigenvalue weighted by Gasteiger charge is -2.06. The van der Waals surface area contributed by atoms with Crippen LogP contribution in [0.3, 0.4) is 0 Å². The van der Waals surface area contributed by atoms with E-state index in [0.29, 0.717) is 6.42 Å². The SMILES string of the molecule is CCCCCCCC(=O)CCOCC(F)(F)F. The third-order valence-corrected chi connectivity index (χ3v) is 2.35. The summed E-state index contributed by atoms with van der Waals surface area (Å²) in [6.07, 6.45) is 1.53. The monoisotopic (exact) mass is 254 g/mol. The van der Waals surface area contributed by atoms with Crippen LogP contribution in [0.4, 0.5) is 13.2 Å². The zero-order valence-corrected chi connectivity index (χ0v) is 10.3. The van der Waals surface area contributed by atoms with Gasteiger partial charge in [-0.25, -0.2) is 0 Å². The van der Waals surface area contributed by atoms with E-state index in [4.69, 9.17) is 0 Å². The molecule has 0 radical (unpaired) electrons. The summed E-state index contributed by atoms with van der Waals surface area (Å²) in [6, 6.07) is 0. The average molecular weight is 254 g/mol. The molecule has 0 saturated carbocycles. The first-order chi connectivity index (χ1) is 7.95. The lowest BCUT2D eigenvalue weighted by atomic mass is 10.1. The maximum atomic E-state index is 11.7. The molecule has 0 atom stereocenters. The van der Waals surface area contributed by atoms with E-state index in [-0.39, 0.29) is 18.8 Å². The van der Waals surface area contributed by atoms with Crippen LogP contribution in [0.25, 0.3) is 0 Å². The van der Waals surface area contributed by atoms with Gasteiger partial charge in [0.15, 0.2) is 0 Å². The van der Waals surface area contributed by atoms with E-state index in [0.717, 1.165) is 25.7 Å². The highest BCUT2D eigenvalue weighted by atomic mass is 19.4. The molecule has 102 valence electrons. The van der Waals surface area contributed by atoms with E-state index >= 15 is 0 Å². The first kappa shape index (κ1) is 16.4. The van der Waals surface area contributed by atoms with Crippen molar-refractivity contribution in [2.45, 2.75) is 58.0 Å². The molecule has 0 aromatic carbocycles. The number of alkyl halides is 3. The van der Waals surface area contributed by atoms with Gasteiger partial charge in [-0.1, -0.05) is 32.6 Å². The molecule has 0 unspecified atom stereocenters. The smallest absolute Gasteiger partial charge is 0.372 e. The van der Waals surface area contributed by atoms with Gasteiger partial charge < -0.3 is 4.74 Å². The summed E-state index contributed by atoms with van der Waals surface area (Å²) < 4.78 is 39.4. The lowest BCUT2D eigenvalue weighted by Crippen LogP contribution is -2.18. The van der Waals surface area contributed by atoms with Gasteiger partial charge in [-0.3, -0.25) is 4.79 Å². The van der Waals surface area contributed by atoms with Gasteiger partial charge in [-0.15, -0.1) is 0 Å². The van der Waals surface area contributed by atoms with Crippen molar-refractivity contribution in [3.8, 4) is 0 Å². The summed E-state index contributed by atoms with van der Waals surface area (Å²) in [7, 11) is 0. The van der Waals surface area contributed by atoms with Crippen molar-refractivity contribution in [1.82, 2.24) is 0 Å². The molecule has 17 heavy (non-hydrogen) atoms. The van der Waals surface area contributed by atoms with Crippen molar-refractivity contribution < 1.29 is 22.7 Å². The van der Waals surface area contributed by atoms with E-state index in [1.165, 1.54) is 6.42 Å². The summed E-state index contributed by atoms with van der Waals surface area (Å²) >= 11 is 0. The molecule has 0 aromatic rings. The summed E-state index contributed by atoms with van der Waals surface area (Å²) in [5.74, 6) is -0.0105. The van der Waals surface area contributed by atoms with Crippen molar-refractivity contribution in [2.24, 2.45) is 0 Å². The van der Waals surface area contributed by atoms with Crippen molar-refractivity contribution in [3.63, 3.8) is 0 Å². The molecule has 0 bridgehead atoms. The zero-order chi connectivity index (χ0) is 13.1. The van der Waals surface area contributed by atoms with Gasteiger partial charge in [0.1, 0.15) is 12.4 Å². The highest BCUT2D eigenvalue weighted by molar-refractivity contribution is 5.78. The first-order valence-electron chi connectivity index (χ1n) is 6.12. The molecule has 0 amide bonds. The molecule has 0 aliphatic rings. The number of ketones is 1. The van der Waals surface area contributed by atoms with E-state index < -0.39 is 12.8 Å². The molecular formula is C12H21F3O2. The number of ether oxygens (including phenoxy) is 1. The predicted molar refractivity (Wildman–Crippen MR) is 59.9 cm³/mol. The molecule has 0 aliphatic heterocycles. The van der Waals surface area contributed by atoms with E-state index in [2.05, 4.69) is 11.7 Å². The first-order valence-corrected chi connectivity index (χ1v) is 6.12. The van der Waals surface area contributed by atoms with Crippen LogP contribution in [0.1, 0.15) is 51.9 Å². The van der Waals surface area contributed by atoms with Gasteiger partial charge in [0, 0.05) is 12.8 Å². The standard InChI is InChI=1S/C12H21F3O2/c1-2-3-4-5-6-7-11(16)8-9-17-10-12(13,14)15/h2-10H2,1H3. The normalized spacial score (nSPS) is 11.8. The molecule has 0 N–H and O–H groups in total. The molecule has 0 heterocycles. The van der Waals surface area contributed by atoms with Crippen LogP contribution in [-0.2, 0) is 9.53 Å². The van der Waals surface area contributed by atoms with Gasteiger partial charge in [-0.2, -0.15) is 13.2 Å². The topological polar surface area (TPSA) is 26.3 Å². The Morgan fingerprint density at radius 2 is 1.71 bits per heavy atom. The second-order valence-corrected chi connectivity index (χ2v) is 4.12. The Hall–Kier alpha value is -0.580. The van der Waals surface area contributed by atoms with Crippen LogP contribution in [-0.4, -0.2) is 25.2 Å². The van der Waals surface area contributed by atoms with Crippen molar-refractivity contribution in [2.75, 3.05) is 13.2 Å². The predicted octanol–water partition coefficient (Wildman–Crippen LogP) is 3.89. The number of halogens is 3. The Morgan fingerprint density at radius 3 is 2.29 bits per heavy atom. The van der Waals surface area contributed by atoms with Crippen molar-refractivity contribution >= 4 is 5.78 Å². The van der Waals surface area contributed by atoms with Crippen LogP contribution < -0.4 is 0 Å². The Morgan fingerprint density at radius 1 is 1.06 bits per heavy atom. The van der Waals surface area contributed by atoms with Gasteiger partial charge in [-0.05, 0) is 6.42 Å². The summed E-state index contributed by atoms with van der Waals surface area (Å²) in [5.41, 5.74) is 0. The third-order valence-electron chi connectivity index (χ3n) is 2.35. The number of unbranched alkanes of at least 4 members (excludes halogenated alkanes) is 4. The Balaban J connectivity index is 3.29. The molecule has 0 aliphatic carbocycles. The Labute approximate surface area is 101 Å². The Kier molecular flexibility index (Phi) is 9.13. The molecule has 0 fully saturated rings. The van der Waals surface area contributed by atoms with E-state index in [9.17, 15) is 18.0 Å². The fourth-order valence-corrected chi connectivity index (χ4v) is 1.42. The minimum atomic E-state index is -4.30. The number of Topliss-reactive ketones (excluding diaryl/α,β-unsaturated/α-hetero) is 1. The van der Waals surface area contributed by atoms with E-state index in [1.807, 2.05) is 0 Å². The summed E-state index contributed by atoms with van der Waals surface area (Å²) in [4.78, 5) is 11.2. The van der Waals surface area contributed by atoms with E-state index in [1.54, 1.807) is 0 Å². The molecule has 5 heteroatoms. The Bertz CT molecular complexity index is 202. The second kappa shape index (κ2) is 9.45. The lowest BCUT2D eigenvalue weighted by molar-refractivity contribution is -0.174. The minimum Gasteiger partial charge on any atom is -0.372 e. The fourth-order valence-electron chi connectivity index (χ4n) is 1.42. The van der Waals surface area contributed by atoms with Gasteiger partial charge in [0.05, 0.1) is 6.61 Å². The molecular weight excluding hydrogens is 233 g/mol. The van der Waals surface area contributed by atoms with Gasteiger partial charge in [0.25, 0.3) is 0 Å². The molecule has 0 saturated heterocycles. The number of rotatable bonds is 10. The fraction of sp³-hybridized carbons (Fsp3) is 0.917. The summed E-state index contributed by atoms with van der Waals surface area (Å²) in [5, 5.41) is 0. The van der Waals surface area contributed by atoms with Crippen LogP contribution in [0.15, 0.2) is 0 Å². The maximum absolute atomic E-state index is 11.7. The number of carbonyl (C=O) groups is 1. The van der Waals surface area contributed by atoms with Crippen molar-refractivity contribution in [1.29, 1.82) is 0 Å². The molecule has 0 rings (SSSR count). The highest BCUT2D eigenvalue weighted by Crippen LogP contribution is 2.14. The molecule has 2 nitrogen and oxygen atoms in total. The number of hydrogen-bond acceptors (Lipinski definition) is 2. The molecule has 0 spiro atoms. The second-order valence-electron chi connectivity index (χ2n) is 4.12. The van der Waals surface area contributed by atoms with Gasteiger partial charge >= 0.3 is 6.18 Å². The third kappa shape index (κ3) is 13.4. The summed E-state index contributed by atoms with van der Waals surface area (Å²) in [6.45, 7) is 0.716. The molecule has 0 aromatic heterocycles. The quantitative estimate of drug-likeness (QED) is 0.553. The average Bonchev–Trinajstić information content (AvgIpc) is 2.23. The van der Waals surface area contributed by atoms with Crippen LogP contribution in [0.5, 0.6) is 0 Å². The van der Waals surface area contributed by atoms with Crippen LogP contribution in [0.2, 0.25) is 0 Å². The zero-order valence-electron chi connectivity index (χ0n) is 10.3. The van der Waals surface area contributed by atoms with Crippen molar-refractivity contribution in [3.05, 3.63) is 0 Å². The minimum absolute atomic E-state index is 0.0105. The van der Waals surface area contributed by atoms with Crippen LogP contribution >= 0.6 is 0 Å². The maximum Gasteiger partial charge on any atom is 0.411 e. The van der Waals surface area contributed by atoms with Crippen LogP contribution in [0, 0.1) is 0 Å². The number of hydrogen-bond donors (Lipinski definition) is 0. The highest BCUT2D eigenvalue weighted by Gasteiger charge is 2.27. The number of carbonyl (C=O) groups excluding carboxylic acids is 1. The van der Waals surface area contributed by atoms with Gasteiger partial charge in [0.2, 0.25) is 0 Å². The largest absolute Gasteiger partial charge is 0.411 e.